The summed E-state index contributed by atoms with van der Waals surface area (Å²) in [5, 5.41) is 3.00. The van der Waals surface area contributed by atoms with Crippen LogP contribution in [0.5, 0.6) is 0 Å². The van der Waals surface area contributed by atoms with Crippen molar-refractivity contribution >= 4 is 15.9 Å². The number of benzene rings is 1. The number of hydrogen-bond acceptors (Lipinski definition) is 2. The van der Waals surface area contributed by atoms with Crippen LogP contribution in [0.2, 0.25) is 0 Å². The minimum absolute atomic E-state index is 0.0802. The average molecular weight is 325 g/mol. The Morgan fingerprint density at radius 2 is 2.00 bits per heavy atom. The van der Waals surface area contributed by atoms with E-state index in [-0.39, 0.29) is 4.47 Å². The molecule has 18 heavy (non-hydrogen) atoms. The van der Waals surface area contributed by atoms with Gasteiger partial charge in [0.1, 0.15) is 0 Å². The molecule has 0 aliphatic carbocycles. The molecule has 0 atom stereocenters. The van der Waals surface area contributed by atoms with Crippen LogP contribution in [0.25, 0.3) is 0 Å². The van der Waals surface area contributed by atoms with Gasteiger partial charge in [0.25, 0.3) is 0 Å². The first-order valence-corrected chi connectivity index (χ1v) is 6.32. The van der Waals surface area contributed by atoms with Gasteiger partial charge in [-0.05, 0) is 31.8 Å². The van der Waals surface area contributed by atoms with E-state index in [0.717, 1.165) is 13.1 Å². The molecular weight excluding hydrogens is 309 g/mol. The van der Waals surface area contributed by atoms with Crippen molar-refractivity contribution in [3.63, 3.8) is 0 Å². The van der Waals surface area contributed by atoms with Gasteiger partial charge in [-0.3, -0.25) is 0 Å². The summed E-state index contributed by atoms with van der Waals surface area (Å²) in [6.45, 7) is 2.09. The number of nitrogens with zero attached hydrogens (tertiary/aromatic N) is 1. The summed E-state index contributed by atoms with van der Waals surface area (Å²) in [6, 6.07) is 4.35. The Morgan fingerprint density at radius 1 is 1.33 bits per heavy atom. The van der Waals surface area contributed by atoms with Crippen molar-refractivity contribution in [2.24, 2.45) is 0 Å². The van der Waals surface area contributed by atoms with E-state index in [4.69, 9.17) is 0 Å². The third kappa shape index (κ3) is 4.59. The van der Waals surface area contributed by atoms with E-state index in [1.54, 1.807) is 6.07 Å². The lowest BCUT2D eigenvalue weighted by Crippen LogP contribution is -2.27. The molecule has 0 aromatic heterocycles. The van der Waals surface area contributed by atoms with Crippen LogP contribution in [-0.2, 0) is 12.7 Å². The van der Waals surface area contributed by atoms with E-state index in [1.807, 2.05) is 19.0 Å². The molecule has 0 aliphatic rings. The first-order chi connectivity index (χ1) is 8.34. The molecule has 6 heteroatoms. The van der Waals surface area contributed by atoms with Crippen molar-refractivity contribution in [2.75, 3.05) is 27.2 Å². The molecule has 0 fully saturated rings. The Bertz CT molecular complexity index is 393. The lowest BCUT2D eigenvalue weighted by molar-refractivity contribution is -0.138. The van der Waals surface area contributed by atoms with Gasteiger partial charge in [0.05, 0.1) is 5.56 Å². The predicted octanol–water partition coefficient (Wildman–Crippen LogP) is 3.12. The third-order valence-corrected chi connectivity index (χ3v) is 3.22. The summed E-state index contributed by atoms with van der Waals surface area (Å²) in [6.07, 6.45) is -4.32. The highest BCUT2D eigenvalue weighted by atomic mass is 79.9. The van der Waals surface area contributed by atoms with Gasteiger partial charge in [-0.15, -0.1) is 0 Å². The summed E-state index contributed by atoms with van der Waals surface area (Å²) in [5.74, 6) is 0. The van der Waals surface area contributed by atoms with Crippen LogP contribution >= 0.6 is 15.9 Å². The SMILES string of the molecule is CNCCN(C)Cc1ccc(Br)c(C(F)(F)F)c1. The zero-order valence-corrected chi connectivity index (χ0v) is 11.9. The average Bonchev–Trinajstić information content (AvgIpc) is 2.27. The van der Waals surface area contributed by atoms with Gasteiger partial charge in [-0.2, -0.15) is 13.2 Å². The third-order valence-electron chi connectivity index (χ3n) is 2.53. The van der Waals surface area contributed by atoms with Gasteiger partial charge < -0.3 is 10.2 Å². The van der Waals surface area contributed by atoms with Crippen molar-refractivity contribution in [1.29, 1.82) is 0 Å². The van der Waals surface area contributed by atoms with Gasteiger partial charge in [0.15, 0.2) is 0 Å². The quantitative estimate of drug-likeness (QED) is 0.895. The van der Waals surface area contributed by atoms with Gasteiger partial charge in [0, 0.05) is 24.1 Å². The monoisotopic (exact) mass is 324 g/mol. The zero-order chi connectivity index (χ0) is 13.8. The molecule has 0 spiro atoms. The number of likely N-dealkylation sites (N-methyl/N-ethyl adjacent to an activating group) is 2. The first kappa shape index (κ1) is 15.5. The largest absolute Gasteiger partial charge is 0.417 e. The fraction of sp³-hybridized carbons (Fsp3) is 0.500. The molecule has 1 aromatic rings. The van der Waals surface area contributed by atoms with Gasteiger partial charge >= 0.3 is 6.18 Å². The second kappa shape index (κ2) is 6.54. The second-order valence-electron chi connectivity index (χ2n) is 4.15. The highest BCUT2D eigenvalue weighted by molar-refractivity contribution is 9.10. The van der Waals surface area contributed by atoms with Crippen LogP contribution in [0, 0.1) is 0 Å². The zero-order valence-electron chi connectivity index (χ0n) is 10.3. The van der Waals surface area contributed by atoms with Crippen LogP contribution < -0.4 is 5.32 Å². The number of hydrogen-bond donors (Lipinski definition) is 1. The molecule has 0 heterocycles. The Morgan fingerprint density at radius 3 is 2.56 bits per heavy atom. The number of rotatable bonds is 5. The lowest BCUT2D eigenvalue weighted by Gasteiger charge is -2.18. The standard InChI is InChI=1S/C12H16BrF3N2/c1-17-5-6-18(2)8-9-3-4-11(13)10(7-9)12(14,15)16/h3-4,7,17H,5-6,8H2,1-2H3. The topological polar surface area (TPSA) is 15.3 Å². The van der Waals surface area contributed by atoms with Crippen LogP contribution in [-0.4, -0.2) is 32.1 Å². The number of halogens is 4. The maximum atomic E-state index is 12.7. The lowest BCUT2D eigenvalue weighted by atomic mass is 10.1. The maximum absolute atomic E-state index is 12.7. The highest BCUT2D eigenvalue weighted by Crippen LogP contribution is 2.35. The minimum atomic E-state index is -4.32. The fourth-order valence-electron chi connectivity index (χ4n) is 1.58. The first-order valence-electron chi connectivity index (χ1n) is 5.53. The molecule has 0 saturated heterocycles. The Kier molecular flexibility index (Phi) is 5.62. The number of alkyl halides is 3. The van der Waals surface area contributed by atoms with Crippen LogP contribution in [0.3, 0.4) is 0 Å². The highest BCUT2D eigenvalue weighted by Gasteiger charge is 2.33. The van der Waals surface area contributed by atoms with Crippen LogP contribution in [0.1, 0.15) is 11.1 Å². The van der Waals surface area contributed by atoms with Gasteiger partial charge in [0.2, 0.25) is 0 Å². The Hall–Kier alpha value is -0.590. The van der Waals surface area contributed by atoms with E-state index in [0.29, 0.717) is 12.1 Å². The summed E-state index contributed by atoms with van der Waals surface area (Å²) in [7, 11) is 3.72. The summed E-state index contributed by atoms with van der Waals surface area (Å²) < 4.78 is 38.2. The molecule has 1 N–H and O–H groups in total. The molecule has 0 radical (unpaired) electrons. The van der Waals surface area contributed by atoms with E-state index >= 15 is 0 Å². The van der Waals surface area contributed by atoms with Crippen LogP contribution in [0.15, 0.2) is 22.7 Å². The van der Waals surface area contributed by atoms with E-state index in [2.05, 4.69) is 21.2 Å². The molecule has 2 nitrogen and oxygen atoms in total. The summed E-state index contributed by atoms with van der Waals surface area (Å²) >= 11 is 2.93. The minimum Gasteiger partial charge on any atom is -0.318 e. The molecule has 1 rings (SSSR count). The van der Waals surface area contributed by atoms with Gasteiger partial charge in [-0.1, -0.05) is 22.0 Å². The predicted molar refractivity (Wildman–Crippen MR) is 69.4 cm³/mol. The molecule has 0 saturated carbocycles. The van der Waals surface area contributed by atoms with Crippen molar-refractivity contribution in [3.05, 3.63) is 33.8 Å². The Labute approximate surface area is 113 Å². The molecular formula is C12H16BrF3N2. The smallest absolute Gasteiger partial charge is 0.318 e. The van der Waals surface area contributed by atoms with Gasteiger partial charge in [-0.25, -0.2) is 0 Å². The second-order valence-corrected chi connectivity index (χ2v) is 5.01. The van der Waals surface area contributed by atoms with E-state index in [1.165, 1.54) is 12.1 Å². The molecule has 0 amide bonds. The van der Waals surface area contributed by atoms with Crippen molar-refractivity contribution in [2.45, 2.75) is 12.7 Å². The summed E-state index contributed by atoms with van der Waals surface area (Å²) in [5.41, 5.74) is 0.0335. The molecule has 0 unspecified atom stereocenters. The van der Waals surface area contributed by atoms with E-state index < -0.39 is 11.7 Å². The van der Waals surface area contributed by atoms with Crippen molar-refractivity contribution < 1.29 is 13.2 Å². The summed E-state index contributed by atoms with van der Waals surface area (Å²) in [4.78, 5) is 1.97. The molecule has 0 aliphatic heterocycles. The maximum Gasteiger partial charge on any atom is 0.417 e. The number of nitrogens with one attached hydrogen (secondary N) is 1. The molecule has 102 valence electrons. The Balaban J connectivity index is 2.79. The normalized spacial score (nSPS) is 12.2. The fourth-order valence-corrected chi connectivity index (χ4v) is 2.05. The van der Waals surface area contributed by atoms with Crippen molar-refractivity contribution in [3.8, 4) is 0 Å². The van der Waals surface area contributed by atoms with Crippen LogP contribution in [0.4, 0.5) is 13.2 Å². The molecule has 0 bridgehead atoms. The molecule has 1 aromatic carbocycles. The van der Waals surface area contributed by atoms with Crippen molar-refractivity contribution in [1.82, 2.24) is 10.2 Å². The van der Waals surface area contributed by atoms with E-state index in [9.17, 15) is 13.2 Å².